The number of hydrogen-bond acceptors (Lipinski definition) is 10. The monoisotopic (exact) mass is 572 g/mol. The van der Waals surface area contributed by atoms with Gasteiger partial charge < -0.3 is 24.4 Å². The molecule has 11 heteroatoms. The zero-order chi connectivity index (χ0) is 28.2. The molecule has 6 rings (SSSR count). The average molecular weight is 573 g/mol. The Kier molecular flexibility index (Phi) is 8.08. The van der Waals surface area contributed by atoms with Crippen LogP contribution < -0.4 is 14.8 Å². The molecule has 1 amide bonds. The van der Waals surface area contributed by atoms with Gasteiger partial charge in [0.15, 0.2) is 0 Å². The highest BCUT2D eigenvalue weighted by Gasteiger charge is 2.25. The van der Waals surface area contributed by atoms with Crippen molar-refractivity contribution in [1.82, 2.24) is 24.8 Å². The van der Waals surface area contributed by atoms with Crippen molar-refractivity contribution in [2.45, 2.75) is 19.9 Å². The van der Waals surface area contributed by atoms with Crippen molar-refractivity contribution in [1.29, 1.82) is 0 Å². The summed E-state index contributed by atoms with van der Waals surface area (Å²) in [6, 6.07) is 9.52. The van der Waals surface area contributed by atoms with Crippen LogP contribution in [0.25, 0.3) is 10.2 Å². The first-order valence-electron chi connectivity index (χ1n) is 13.6. The summed E-state index contributed by atoms with van der Waals surface area (Å²) in [7, 11) is 1.58. The molecule has 3 aromatic heterocycles. The van der Waals surface area contributed by atoms with E-state index in [0.29, 0.717) is 24.7 Å². The van der Waals surface area contributed by atoms with E-state index < -0.39 is 0 Å². The van der Waals surface area contributed by atoms with E-state index in [-0.39, 0.29) is 5.91 Å². The molecule has 0 spiro atoms. The topological polar surface area (TPSA) is 102 Å². The molecule has 1 fully saturated rings. The molecule has 212 valence electrons. The molecule has 4 aromatic rings. The Morgan fingerprint density at radius 2 is 2.02 bits per heavy atom. The molecule has 0 aliphatic carbocycles. The van der Waals surface area contributed by atoms with Crippen molar-refractivity contribution in [3.8, 4) is 17.4 Å². The lowest BCUT2D eigenvalue weighted by Crippen LogP contribution is -2.37. The minimum absolute atomic E-state index is 0.0500. The van der Waals surface area contributed by atoms with Crippen molar-refractivity contribution >= 4 is 39.0 Å². The normalized spacial score (nSPS) is 15.7. The van der Waals surface area contributed by atoms with Gasteiger partial charge in [-0.3, -0.25) is 9.69 Å². The number of thiophene rings is 1. The third kappa shape index (κ3) is 6.17. The summed E-state index contributed by atoms with van der Waals surface area (Å²) in [6.45, 7) is 7.34. The molecule has 0 bridgehead atoms. The van der Waals surface area contributed by atoms with E-state index in [1.165, 1.54) is 5.56 Å². The molecule has 10 nitrogen and oxygen atoms in total. The van der Waals surface area contributed by atoms with Crippen LogP contribution in [0.2, 0.25) is 0 Å². The van der Waals surface area contributed by atoms with Crippen molar-refractivity contribution in [3.63, 3.8) is 0 Å². The Morgan fingerprint density at radius 3 is 2.80 bits per heavy atom. The van der Waals surface area contributed by atoms with E-state index in [1.807, 2.05) is 42.2 Å². The number of benzene rings is 1. The fraction of sp³-hybridized carbons (Fsp3) is 0.333. The molecule has 5 heterocycles. The van der Waals surface area contributed by atoms with Crippen LogP contribution in [0.15, 0.2) is 55.0 Å². The molecule has 2 aliphatic rings. The van der Waals surface area contributed by atoms with Crippen LogP contribution in [0.3, 0.4) is 0 Å². The highest BCUT2D eigenvalue weighted by atomic mass is 32.1. The predicted octanol–water partition coefficient (Wildman–Crippen LogP) is 4.71. The van der Waals surface area contributed by atoms with Gasteiger partial charge in [0.2, 0.25) is 11.8 Å². The van der Waals surface area contributed by atoms with Crippen LogP contribution in [-0.2, 0) is 22.5 Å². The van der Waals surface area contributed by atoms with E-state index in [4.69, 9.17) is 14.2 Å². The van der Waals surface area contributed by atoms with Gasteiger partial charge in [-0.2, -0.15) is 0 Å². The van der Waals surface area contributed by atoms with Crippen molar-refractivity contribution in [3.05, 3.63) is 71.0 Å². The second-order valence-electron chi connectivity index (χ2n) is 9.97. The summed E-state index contributed by atoms with van der Waals surface area (Å²) in [5.74, 6) is 2.74. The maximum absolute atomic E-state index is 12.9. The quantitative estimate of drug-likeness (QED) is 0.301. The molecule has 1 N–H and O–H groups in total. The third-order valence-corrected chi connectivity index (χ3v) is 8.38. The molecule has 1 saturated heterocycles. The minimum atomic E-state index is 0.0500. The summed E-state index contributed by atoms with van der Waals surface area (Å²) in [6.07, 6.45) is 7.67. The van der Waals surface area contributed by atoms with Gasteiger partial charge in [0, 0.05) is 48.9 Å². The molecule has 0 radical (unpaired) electrons. The number of ether oxygens (including phenoxy) is 3. The second kappa shape index (κ2) is 12.2. The van der Waals surface area contributed by atoms with Gasteiger partial charge >= 0.3 is 0 Å². The summed E-state index contributed by atoms with van der Waals surface area (Å²) < 4.78 is 16.5. The number of carbonyl (C=O) groups is 1. The zero-order valence-corrected chi connectivity index (χ0v) is 23.9. The van der Waals surface area contributed by atoms with Crippen LogP contribution in [-0.4, -0.2) is 77.2 Å². The van der Waals surface area contributed by atoms with Gasteiger partial charge in [-0.25, -0.2) is 15.0 Å². The standard InChI is InChI=1S/C30H32N6O4S/c1-20-16-21(5-7-24(20)40-22-6-8-26(38-2)31-17-22)34-29-28-23-9-11-36(18-25(23)41-30(28)33-19-32-29)27(37)4-3-10-35-12-14-39-15-13-35/h3-8,16-17,19H,9-15,18H2,1-2H3,(H,32,33,34)/b4-3+. The SMILES string of the molecule is COc1ccc(Oc2ccc(Nc3ncnc4sc5c(c34)CCN(C(=O)/C=C/CN3CCOCC3)C5)cc2C)cn1. The van der Waals surface area contributed by atoms with Gasteiger partial charge in [-0.15, -0.1) is 11.3 Å². The number of hydrogen-bond donors (Lipinski definition) is 1. The number of carbonyl (C=O) groups excluding carboxylic acids is 1. The van der Waals surface area contributed by atoms with E-state index >= 15 is 0 Å². The number of anilines is 2. The van der Waals surface area contributed by atoms with Gasteiger partial charge in [-0.1, -0.05) is 6.08 Å². The zero-order valence-electron chi connectivity index (χ0n) is 23.1. The fourth-order valence-electron chi connectivity index (χ4n) is 5.06. The number of amides is 1. The Morgan fingerprint density at radius 1 is 1.15 bits per heavy atom. The summed E-state index contributed by atoms with van der Waals surface area (Å²) in [5, 5.41) is 4.52. The summed E-state index contributed by atoms with van der Waals surface area (Å²) in [5.41, 5.74) is 3.10. The molecular formula is C30H32N6O4S. The van der Waals surface area contributed by atoms with Crippen molar-refractivity contribution in [2.75, 3.05) is 51.8 Å². The number of pyridine rings is 1. The Hall–Kier alpha value is -4.06. The predicted molar refractivity (Wildman–Crippen MR) is 158 cm³/mol. The van der Waals surface area contributed by atoms with Crippen LogP contribution in [0.4, 0.5) is 11.5 Å². The number of nitrogens with zero attached hydrogens (tertiary/aromatic N) is 5. The van der Waals surface area contributed by atoms with E-state index in [1.54, 1.807) is 43.1 Å². The van der Waals surface area contributed by atoms with Crippen molar-refractivity contribution < 1.29 is 19.0 Å². The second-order valence-corrected chi connectivity index (χ2v) is 11.1. The van der Waals surface area contributed by atoms with Crippen LogP contribution in [0.1, 0.15) is 16.0 Å². The lowest BCUT2D eigenvalue weighted by atomic mass is 10.0. The third-order valence-electron chi connectivity index (χ3n) is 7.26. The maximum atomic E-state index is 12.9. The number of aryl methyl sites for hydroxylation is 1. The fourth-order valence-corrected chi connectivity index (χ4v) is 6.26. The smallest absolute Gasteiger partial charge is 0.246 e. The highest BCUT2D eigenvalue weighted by Crippen LogP contribution is 2.38. The minimum Gasteiger partial charge on any atom is -0.481 e. The lowest BCUT2D eigenvalue weighted by Gasteiger charge is -2.27. The molecule has 2 aliphatic heterocycles. The van der Waals surface area contributed by atoms with E-state index in [0.717, 1.165) is 77.2 Å². The van der Waals surface area contributed by atoms with E-state index in [2.05, 4.69) is 25.2 Å². The van der Waals surface area contributed by atoms with Gasteiger partial charge in [0.1, 0.15) is 28.5 Å². The number of aromatic nitrogens is 3. The van der Waals surface area contributed by atoms with Crippen LogP contribution in [0.5, 0.6) is 17.4 Å². The lowest BCUT2D eigenvalue weighted by molar-refractivity contribution is -0.126. The summed E-state index contributed by atoms with van der Waals surface area (Å²) >= 11 is 1.64. The number of rotatable bonds is 8. The highest BCUT2D eigenvalue weighted by molar-refractivity contribution is 7.19. The summed E-state index contributed by atoms with van der Waals surface area (Å²) in [4.78, 5) is 32.5. The first-order valence-corrected chi connectivity index (χ1v) is 14.5. The Bertz CT molecular complexity index is 1570. The van der Waals surface area contributed by atoms with Gasteiger partial charge in [-0.05, 0) is 48.7 Å². The number of methoxy groups -OCH3 is 1. The average Bonchev–Trinajstić information content (AvgIpc) is 3.38. The molecule has 41 heavy (non-hydrogen) atoms. The molecule has 0 unspecified atom stereocenters. The number of fused-ring (bicyclic) bond motifs is 3. The molecular weight excluding hydrogens is 540 g/mol. The largest absolute Gasteiger partial charge is 0.481 e. The Labute approximate surface area is 242 Å². The Balaban J connectivity index is 1.14. The number of morpholine rings is 1. The number of nitrogens with one attached hydrogen (secondary N) is 1. The molecule has 1 aromatic carbocycles. The van der Waals surface area contributed by atoms with Gasteiger partial charge in [0.05, 0.1) is 38.5 Å². The first-order chi connectivity index (χ1) is 20.1. The van der Waals surface area contributed by atoms with Crippen LogP contribution in [0, 0.1) is 6.92 Å². The molecule has 0 atom stereocenters. The van der Waals surface area contributed by atoms with Crippen LogP contribution >= 0.6 is 11.3 Å². The van der Waals surface area contributed by atoms with Crippen molar-refractivity contribution in [2.24, 2.45) is 0 Å². The maximum Gasteiger partial charge on any atom is 0.246 e. The van der Waals surface area contributed by atoms with E-state index in [9.17, 15) is 4.79 Å². The molecule has 0 saturated carbocycles. The van der Waals surface area contributed by atoms with Gasteiger partial charge in [0.25, 0.3) is 0 Å². The first kappa shape index (κ1) is 27.1.